The average molecular weight is 339 g/mol. The lowest BCUT2D eigenvalue weighted by Crippen LogP contribution is -2.11. The molecule has 0 atom stereocenters. The van der Waals surface area contributed by atoms with E-state index < -0.39 is 0 Å². The molecule has 0 aliphatic carbocycles. The Hall–Kier alpha value is -2.92. The average Bonchev–Trinajstić information content (AvgIpc) is 2.62. The summed E-state index contributed by atoms with van der Waals surface area (Å²) in [6.45, 7) is 2.62. The Kier molecular flexibility index (Phi) is 6.92. The lowest BCUT2D eigenvalue weighted by atomic mass is 10.1. The predicted molar refractivity (Wildman–Crippen MR) is 97.2 cm³/mol. The standard InChI is InChI=1S/C20H21NO4/c1-3-25-19(22)13-8-15-6-11-18(12-7-15)21-20(23)17-9-4-16(5-10-17)14-24-2/h4-13H,3,14H2,1-2H3,(H,21,23)/b13-8+. The van der Waals surface area contributed by atoms with Crippen LogP contribution >= 0.6 is 0 Å². The van der Waals surface area contributed by atoms with Crippen LogP contribution in [-0.4, -0.2) is 25.6 Å². The van der Waals surface area contributed by atoms with Crippen molar-refractivity contribution in [2.75, 3.05) is 19.0 Å². The number of benzene rings is 2. The second-order valence-corrected chi connectivity index (χ2v) is 5.29. The maximum absolute atomic E-state index is 12.2. The number of carbonyl (C=O) groups excluding carboxylic acids is 2. The molecule has 130 valence electrons. The Morgan fingerprint density at radius 3 is 2.32 bits per heavy atom. The van der Waals surface area contributed by atoms with Crippen LogP contribution in [-0.2, 0) is 20.9 Å². The lowest BCUT2D eigenvalue weighted by molar-refractivity contribution is -0.137. The minimum absolute atomic E-state index is 0.182. The Labute approximate surface area is 147 Å². The fourth-order valence-electron chi connectivity index (χ4n) is 2.15. The van der Waals surface area contributed by atoms with Crippen molar-refractivity contribution in [3.05, 3.63) is 71.3 Å². The zero-order valence-corrected chi connectivity index (χ0v) is 14.3. The van der Waals surface area contributed by atoms with Crippen molar-refractivity contribution in [2.24, 2.45) is 0 Å². The molecule has 0 bridgehead atoms. The van der Waals surface area contributed by atoms with E-state index in [1.165, 1.54) is 6.08 Å². The molecule has 0 aromatic heterocycles. The Morgan fingerprint density at radius 1 is 1.04 bits per heavy atom. The molecule has 0 spiro atoms. The molecule has 0 fully saturated rings. The monoisotopic (exact) mass is 339 g/mol. The van der Waals surface area contributed by atoms with Crippen LogP contribution in [0.2, 0.25) is 0 Å². The molecule has 0 saturated carbocycles. The topological polar surface area (TPSA) is 64.6 Å². The van der Waals surface area contributed by atoms with Crippen molar-refractivity contribution in [1.82, 2.24) is 0 Å². The SMILES string of the molecule is CCOC(=O)/C=C/c1ccc(NC(=O)c2ccc(COC)cc2)cc1. The van der Waals surface area contributed by atoms with Gasteiger partial charge in [0.2, 0.25) is 0 Å². The molecule has 2 aromatic rings. The molecule has 5 nitrogen and oxygen atoms in total. The Bertz CT molecular complexity index is 733. The summed E-state index contributed by atoms with van der Waals surface area (Å²) >= 11 is 0. The molecule has 0 saturated heterocycles. The number of nitrogens with one attached hydrogen (secondary N) is 1. The maximum Gasteiger partial charge on any atom is 0.330 e. The first-order valence-corrected chi connectivity index (χ1v) is 7.96. The third kappa shape index (κ3) is 5.90. The van der Waals surface area contributed by atoms with Gasteiger partial charge in [0.1, 0.15) is 0 Å². The third-order valence-corrected chi connectivity index (χ3v) is 3.39. The molecule has 0 aliphatic heterocycles. The maximum atomic E-state index is 12.2. The van der Waals surface area contributed by atoms with Gasteiger partial charge in [-0.3, -0.25) is 4.79 Å². The van der Waals surface area contributed by atoms with Gasteiger partial charge < -0.3 is 14.8 Å². The molecule has 0 unspecified atom stereocenters. The molecule has 5 heteroatoms. The summed E-state index contributed by atoms with van der Waals surface area (Å²) in [5.41, 5.74) is 3.11. The van der Waals surface area contributed by atoms with E-state index in [0.717, 1.165) is 11.1 Å². The molecule has 0 radical (unpaired) electrons. The number of amides is 1. The van der Waals surface area contributed by atoms with Crippen molar-refractivity contribution in [2.45, 2.75) is 13.5 Å². The van der Waals surface area contributed by atoms with E-state index in [1.54, 1.807) is 44.4 Å². The second kappa shape index (κ2) is 9.39. The second-order valence-electron chi connectivity index (χ2n) is 5.29. The van der Waals surface area contributed by atoms with Crippen LogP contribution in [0.15, 0.2) is 54.6 Å². The quantitative estimate of drug-likeness (QED) is 0.617. The number of ether oxygens (including phenoxy) is 2. The van der Waals surface area contributed by atoms with E-state index in [4.69, 9.17) is 9.47 Å². The summed E-state index contributed by atoms with van der Waals surface area (Å²) in [5.74, 6) is -0.560. The zero-order valence-electron chi connectivity index (χ0n) is 14.3. The van der Waals surface area contributed by atoms with Crippen LogP contribution in [0.1, 0.15) is 28.4 Å². The first-order chi connectivity index (χ1) is 12.1. The van der Waals surface area contributed by atoms with Crippen LogP contribution in [0, 0.1) is 0 Å². The fraction of sp³-hybridized carbons (Fsp3) is 0.200. The number of hydrogen-bond donors (Lipinski definition) is 1. The molecule has 2 aromatic carbocycles. The van der Waals surface area contributed by atoms with Gasteiger partial charge in [0, 0.05) is 24.4 Å². The van der Waals surface area contributed by atoms with Crippen LogP contribution in [0.5, 0.6) is 0 Å². The van der Waals surface area contributed by atoms with E-state index in [0.29, 0.717) is 24.5 Å². The van der Waals surface area contributed by atoms with Crippen molar-refractivity contribution >= 4 is 23.6 Å². The zero-order chi connectivity index (χ0) is 18.1. The van der Waals surface area contributed by atoms with E-state index in [2.05, 4.69) is 5.32 Å². The minimum Gasteiger partial charge on any atom is -0.463 e. The van der Waals surface area contributed by atoms with Crippen molar-refractivity contribution < 1.29 is 19.1 Å². The van der Waals surface area contributed by atoms with Gasteiger partial charge in [-0.15, -0.1) is 0 Å². The van der Waals surface area contributed by atoms with E-state index in [1.807, 2.05) is 24.3 Å². The van der Waals surface area contributed by atoms with E-state index in [9.17, 15) is 9.59 Å². The molecule has 25 heavy (non-hydrogen) atoms. The normalized spacial score (nSPS) is 10.6. The third-order valence-electron chi connectivity index (χ3n) is 3.39. The van der Waals surface area contributed by atoms with Gasteiger partial charge in [0.05, 0.1) is 13.2 Å². The Balaban J connectivity index is 1.96. The molecule has 2 rings (SSSR count). The van der Waals surface area contributed by atoms with Gasteiger partial charge in [0.15, 0.2) is 0 Å². The molecule has 1 N–H and O–H groups in total. The minimum atomic E-state index is -0.378. The van der Waals surface area contributed by atoms with Crippen LogP contribution in [0.25, 0.3) is 6.08 Å². The highest BCUT2D eigenvalue weighted by molar-refractivity contribution is 6.04. The summed E-state index contributed by atoms with van der Waals surface area (Å²) in [4.78, 5) is 23.5. The van der Waals surface area contributed by atoms with Gasteiger partial charge in [-0.25, -0.2) is 4.79 Å². The highest BCUT2D eigenvalue weighted by atomic mass is 16.5. The Morgan fingerprint density at radius 2 is 1.72 bits per heavy atom. The van der Waals surface area contributed by atoms with Gasteiger partial charge in [-0.1, -0.05) is 24.3 Å². The van der Waals surface area contributed by atoms with Crippen molar-refractivity contribution in [3.63, 3.8) is 0 Å². The molecular formula is C20H21NO4. The predicted octanol–water partition coefficient (Wildman–Crippen LogP) is 3.66. The summed E-state index contributed by atoms with van der Waals surface area (Å²) in [5, 5.41) is 2.84. The van der Waals surface area contributed by atoms with Crippen molar-refractivity contribution in [3.8, 4) is 0 Å². The molecule has 0 heterocycles. The van der Waals surface area contributed by atoms with E-state index >= 15 is 0 Å². The highest BCUT2D eigenvalue weighted by Gasteiger charge is 2.06. The molecular weight excluding hydrogens is 318 g/mol. The number of anilines is 1. The van der Waals surface area contributed by atoms with Gasteiger partial charge in [-0.05, 0) is 48.4 Å². The first kappa shape index (κ1) is 18.4. The van der Waals surface area contributed by atoms with Crippen molar-refractivity contribution in [1.29, 1.82) is 0 Å². The summed E-state index contributed by atoms with van der Waals surface area (Å²) in [6.07, 6.45) is 3.04. The van der Waals surface area contributed by atoms with E-state index in [-0.39, 0.29) is 11.9 Å². The molecule has 1 amide bonds. The van der Waals surface area contributed by atoms with Gasteiger partial charge in [0.25, 0.3) is 5.91 Å². The number of carbonyl (C=O) groups is 2. The summed E-state index contributed by atoms with van der Waals surface area (Å²) in [7, 11) is 1.63. The molecule has 0 aliphatic rings. The number of esters is 1. The van der Waals surface area contributed by atoms with Crippen LogP contribution < -0.4 is 5.32 Å². The van der Waals surface area contributed by atoms with Gasteiger partial charge >= 0.3 is 5.97 Å². The summed E-state index contributed by atoms with van der Waals surface area (Å²) in [6, 6.07) is 14.4. The number of hydrogen-bond acceptors (Lipinski definition) is 4. The fourth-order valence-corrected chi connectivity index (χ4v) is 2.15. The first-order valence-electron chi connectivity index (χ1n) is 7.96. The summed E-state index contributed by atoms with van der Waals surface area (Å²) < 4.78 is 9.87. The number of methoxy groups -OCH3 is 1. The lowest BCUT2D eigenvalue weighted by Gasteiger charge is -2.06. The largest absolute Gasteiger partial charge is 0.463 e. The number of rotatable bonds is 7. The smallest absolute Gasteiger partial charge is 0.330 e. The van der Waals surface area contributed by atoms with Crippen LogP contribution in [0.4, 0.5) is 5.69 Å². The van der Waals surface area contributed by atoms with Crippen LogP contribution in [0.3, 0.4) is 0 Å². The highest BCUT2D eigenvalue weighted by Crippen LogP contribution is 2.13. The van der Waals surface area contributed by atoms with Gasteiger partial charge in [-0.2, -0.15) is 0 Å².